The Morgan fingerprint density at radius 2 is 1.87 bits per heavy atom. The third-order valence-corrected chi connectivity index (χ3v) is 5.93. The first-order valence-electron chi connectivity index (χ1n) is 10.2. The Balaban J connectivity index is 1.29. The third-order valence-electron chi connectivity index (χ3n) is 5.93. The number of nitrogens with zero attached hydrogens (tertiary/aromatic N) is 3. The van der Waals surface area contributed by atoms with E-state index in [1.54, 1.807) is 6.26 Å². The number of aryl methyl sites for hydroxylation is 1. The van der Waals surface area contributed by atoms with Gasteiger partial charge in [0.15, 0.2) is 11.5 Å². The van der Waals surface area contributed by atoms with Gasteiger partial charge < -0.3 is 13.7 Å². The molecular formula is C24H23N3O3. The lowest BCUT2D eigenvalue weighted by atomic mass is 10.1. The summed E-state index contributed by atoms with van der Waals surface area (Å²) in [5.41, 5.74) is 3.99. The SMILES string of the molecule is Cc1coc([C@H]2CC[C@@H](N(C)C(=O)c3ccc(-c4nc5ccccc5o4)cc3)C2)n1. The molecule has 1 aliphatic rings. The van der Waals surface area contributed by atoms with Crippen LogP contribution in [0.2, 0.25) is 0 Å². The van der Waals surface area contributed by atoms with Gasteiger partial charge in [0.1, 0.15) is 11.8 Å². The highest BCUT2D eigenvalue weighted by Gasteiger charge is 2.33. The summed E-state index contributed by atoms with van der Waals surface area (Å²) in [5, 5.41) is 0. The molecule has 4 aromatic rings. The van der Waals surface area contributed by atoms with E-state index in [9.17, 15) is 4.79 Å². The Hall–Kier alpha value is -3.41. The zero-order valence-corrected chi connectivity index (χ0v) is 17.0. The number of amides is 1. The van der Waals surface area contributed by atoms with Crippen LogP contribution in [0.5, 0.6) is 0 Å². The number of carbonyl (C=O) groups excluding carboxylic acids is 1. The van der Waals surface area contributed by atoms with Gasteiger partial charge in [0.2, 0.25) is 5.89 Å². The van der Waals surface area contributed by atoms with E-state index in [2.05, 4.69) is 9.97 Å². The van der Waals surface area contributed by atoms with Gasteiger partial charge in [-0.15, -0.1) is 0 Å². The van der Waals surface area contributed by atoms with E-state index >= 15 is 0 Å². The molecule has 2 heterocycles. The predicted octanol–water partition coefficient (Wildman–Crippen LogP) is 5.20. The number of oxazole rings is 2. The number of carbonyl (C=O) groups is 1. The first-order valence-corrected chi connectivity index (χ1v) is 10.2. The highest BCUT2D eigenvalue weighted by molar-refractivity contribution is 5.94. The Morgan fingerprint density at radius 1 is 1.07 bits per heavy atom. The third kappa shape index (κ3) is 3.38. The number of aromatic nitrogens is 2. The van der Waals surface area contributed by atoms with Crippen molar-refractivity contribution in [3.63, 3.8) is 0 Å². The van der Waals surface area contributed by atoms with Crippen LogP contribution in [-0.4, -0.2) is 33.9 Å². The molecule has 0 aliphatic heterocycles. The fourth-order valence-electron chi connectivity index (χ4n) is 4.21. The molecular weight excluding hydrogens is 378 g/mol. The quantitative estimate of drug-likeness (QED) is 0.470. The minimum Gasteiger partial charge on any atom is -0.448 e. The van der Waals surface area contributed by atoms with Gasteiger partial charge in [0.05, 0.1) is 5.69 Å². The zero-order chi connectivity index (χ0) is 20.7. The summed E-state index contributed by atoms with van der Waals surface area (Å²) in [4.78, 5) is 23.8. The van der Waals surface area contributed by atoms with Crippen LogP contribution in [0.3, 0.4) is 0 Å². The van der Waals surface area contributed by atoms with E-state index in [0.717, 1.165) is 47.5 Å². The first kappa shape index (κ1) is 18.6. The molecule has 1 fully saturated rings. The number of fused-ring (bicyclic) bond motifs is 1. The fraction of sp³-hybridized carbons (Fsp3) is 0.292. The maximum atomic E-state index is 13.0. The summed E-state index contributed by atoms with van der Waals surface area (Å²) in [5.74, 6) is 1.65. The lowest BCUT2D eigenvalue weighted by Gasteiger charge is -2.24. The molecule has 0 N–H and O–H groups in total. The zero-order valence-electron chi connectivity index (χ0n) is 17.0. The van der Waals surface area contributed by atoms with Crippen LogP contribution in [0.4, 0.5) is 0 Å². The summed E-state index contributed by atoms with van der Waals surface area (Å²) in [6.07, 6.45) is 4.51. The summed E-state index contributed by atoms with van der Waals surface area (Å²) in [6.45, 7) is 1.93. The van der Waals surface area contributed by atoms with E-state index in [1.165, 1.54) is 0 Å². The standard InChI is InChI=1S/C24H23N3O3/c1-15-14-29-22(25-15)18-11-12-19(13-18)27(2)24(28)17-9-7-16(8-10-17)23-26-20-5-3-4-6-21(20)30-23/h3-10,14,18-19H,11-13H2,1-2H3/t18-,19+/m0/s1. The molecule has 30 heavy (non-hydrogen) atoms. The first-order chi connectivity index (χ1) is 14.6. The smallest absolute Gasteiger partial charge is 0.253 e. The second kappa shape index (κ2) is 7.44. The number of rotatable bonds is 4. The molecule has 6 heteroatoms. The summed E-state index contributed by atoms with van der Waals surface area (Å²) < 4.78 is 11.4. The second-order valence-corrected chi connectivity index (χ2v) is 7.97. The molecule has 1 saturated carbocycles. The monoisotopic (exact) mass is 401 g/mol. The molecule has 6 nitrogen and oxygen atoms in total. The number of para-hydroxylation sites is 2. The minimum absolute atomic E-state index is 0.0216. The van der Waals surface area contributed by atoms with Crippen molar-refractivity contribution in [1.29, 1.82) is 0 Å². The lowest BCUT2D eigenvalue weighted by molar-refractivity contribution is 0.0733. The average molecular weight is 401 g/mol. The van der Waals surface area contributed by atoms with Crippen molar-refractivity contribution >= 4 is 17.0 Å². The van der Waals surface area contributed by atoms with Gasteiger partial charge in [-0.3, -0.25) is 4.79 Å². The van der Waals surface area contributed by atoms with Gasteiger partial charge in [-0.25, -0.2) is 9.97 Å². The molecule has 2 atom stereocenters. The van der Waals surface area contributed by atoms with Gasteiger partial charge in [0.25, 0.3) is 5.91 Å². The Labute approximate surface area is 174 Å². The van der Waals surface area contributed by atoms with Crippen molar-refractivity contribution in [1.82, 2.24) is 14.9 Å². The maximum Gasteiger partial charge on any atom is 0.253 e. The highest BCUT2D eigenvalue weighted by atomic mass is 16.3. The van der Waals surface area contributed by atoms with Crippen molar-refractivity contribution in [2.24, 2.45) is 0 Å². The van der Waals surface area contributed by atoms with E-state index in [1.807, 2.05) is 67.4 Å². The van der Waals surface area contributed by atoms with Gasteiger partial charge in [-0.2, -0.15) is 0 Å². The molecule has 0 radical (unpaired) electrons. The molecule has 152 valence electrons. The molecule has 0 spiro atoms. The maximum absolute atomic E-state index is 13.0. The van der Waals surface area contributed by atoms with E-state index in [4.69, 9.17) is 8.83 Å². The average Bonchev–Trinajstić information content (AvgIpc) is 3.51. The predicted molar refractivity (Wildman–Crippen MR) is 113 cm³/mol. The van der Waals surface area contributed by atoms with Crippen molar-refractivity contribution in [3.8, 4) is 11.5 Å². The molecule has 1 amide bonds. The molecule has 0 unspecified atom stereocenters. The van der Waals surface area contributed by atoms with Crippen LogP contribution in [-0.2, 0) is 0 Å². The Morgan fingerprint density at radius 3 is 2.60 bits per heavy atom. The minimum atomic E-state index is 0.0216. The molecule has 0 saturated heterocycles. The van der Waals surface area contributed by atoms with Gasteiger partial charge in [-0.1, -0.05) is 12.1 Å². The normalized spacial score (nSPS) is 18.7. The highest BCUT2D eigenvalue weighted by Crippen LogP contribution is 2.36. The van der Waals surface area contributed by atoms with Crippen molar-refractivity contribution < 1.29 is 13.6 Å². The van der Waals surface area contributed by atoms with E-state index in [0.29, 0.717) is 11.5 Å². The topological polar surface area (TPSA) is 72.4 Å². The molecule has 5 rings (SSSR count). The van der Waals surface area contributed by atoms with Crippen LogP contribution in [0.25, 0.3) is 22.6 Å². The van der Waals surface area contributed by atoms with Crippen LogP contribution in [0.1, 0.15) is 47.1 Å². The molecule has 2 aromatic heterocycles. The van der Waals surface area contributed by atoms with Gasteiger partial charge in [-0.05, 0) is 62.6 Å². The Bertz CT molecular complexity index is 1160. The number of benzene rings is 2. The Kier molecular flexibility index (Phi) is 4.62. The largest absolute Gasteiger partial charge is 0.448 e. The molecule has 1 aliphatic carbocycles. The van der Waals surface area contributed by atoms with Crippen LogP contribution >= 0.6 is 0 Å². The molecule has 0 bridgehead atoms. The van der Waals surface area contributed by atoms with E-state index in [-0.39, 0.29) is 17.9 Å². The van der Waals surface area contributed by atoms with Crippen molar-refractivity contribution in [2.75, 3.05) is 7.05 Å². The second-order valence-electron chi connectivity index (χ2n) is 7.97. The number of hydrogen-bond acceptors (Lipinski definition) is 5. The van der Waals surface area contributed by atoms with E-state index < -0.39 is 0 Å². The summed E-state index contributed by atoms with van der Waals surface area (Å²) >= 11 is 0. The van der Waals surface area contributed by atoms with Crippen molar-refractivity contribution in [2.45, 2.75) is 38.1 Å². The summed E-state index contributed by atoms with van der Waals surface area (Å²) in [6, 6.07) is 15.3. The van der Waals surface area contributed by atoms with Gasteiger partial charge in [0, 0.05) is 30.1 Å². The van der Waals surface area contributed by atoms with Crippen LogP contribution in [0.15, 0.2) is 63.6 Å². The fourth-order valence-corrected chi connectivity index (χ4v) is 4.21. The van der Waals surface area contributed by atoms with Crippen LogP contribution in [0, 0.1) is 6.92 Å². The number of hydrogen-bond donors (Lipinski definition) is 0. The van der Waals surface area contributed by atoms with Crippen molar-refractivity contribution in [3.05, 3.63) is 71.9 Å². The van der Waals surface area contributed by atoms with Crippen LogP contribution < -0.4 is 0 Å². The van der Waals surface area contributed by atoms with Gasteiger partial charge >= 0.3 is 0 Å². The lowest BCUT2D eigenvalue weighted by Crippen LogP contribution is -2.35. The summed E-state index contributed by atoms with van der Waals surface area (Å²) in [7, 11) is 1.88. The molecule has 2 aromatic carbocycles.